The molecule has 1 N–H and O–H groups in total. The maximum Gasteiger partial charge on any atom is 0.363 e. The van der Waals surface area contributed by atoms with Gasteiger partial charge in [0.2, 0.25) is 0 Å². The Morgan fingerprint density at radius 1 is 1.33 bits per heavy atom. The van der Waals surface area contributed by atoms with Crippen molar-refractivity contribution in [3.8, 4) is 11.3 Å². The number of carbonyl (C=O) groups excluding carboxylic acids is 1. The van der Waals surface area contributed by atoms with Crippen LogP contribution in [-0.2, 0) is 11.9 Å². The summed E-state index contributed by atoms with van der Waals surface area (Å²) in [4.78, 5) is 17.5. The van der Waals surface area contributed by atoms with Crippen molar-refractivity contribution in [1.29, 1.82) is 0 Å². The molecule has 5 nitrogen and oxygen atoms in total. The summed E-state index contributed by atoms with van der Waals surface area (Å²) in [5.41, 5.74) is 0.0719. The van der Waals surface area contributed by atoms with Crippen LogP contribution in [0.2, 0.25) is 0 Å². The second-order valence-electron chi connectivity index (χ2n) is 5.72. The van der Waals surface area contributed by atoms with Gasteiger partial charge in [-0.3, -0.25) is 9.20 Å². The van der Waals surface area contributed by atoms with Crippen LogP contribution < -0.4 is 5.32 Å². The largest absolute Gasteiger partial charge is 0.464 e. The molecule has 4 aromatic heterocycles. The van der Waals surface area contributed by atoms with Crippen molar-refractivity contribution in [2.24, 2.45) is 0 Å². The van der Waals surface area contributed by atoms with E-state index in [0.29, 0.717) is 17.9 Å². The van der Waals surface area contributed by atoms with Gasteiger partial charge in [0, 0.05) is 16.6 Å². The van der Waals surface area contributed by atoms with Crippen LogP contribution in [0.25, 0.3) is 17.0 Å². The first-order chi connectivity index (χ1) is 12.9. The molecular weight excluding hydrogens is 396 g/mol. The van der Waals surface area contributed by atoms with Crippen LogP contribution in [0.1, 0.15) is 21.1 Å². The minimum atomic E-state index is -3.65. The average Bonchev–Trinajstić information content (AvgIpc) is 3.38. The first-order valence-electron chi connectivity index (χ1n) is 7.86. The van der Waals surface area contributed by atoms with Crippen molar-refractivity contribution in [2.45, 2.75) is 11.9 Å². The number of halogens is 3. The number of fused-ring (bicyclic) bond motifs is 1. The van der Waals surface area contributed by atoms with Gasteiger partial charge < -0.3 is 9.73 Å². The standard InChI is InChI=1S/C18H12ClF2N3O2S/c19-18(20,21)15-7-11(14-4-1-5-26-14)8-16-23-13(10-24(15)16)17(25)22-9-12-3-2-6-27-12/h1-8,10H,9H2,(H,22,25). The third kappa shape index (κ3) is 3.58. The van der Waals surface area contributed by atoms with E-state index in [4.69, 9.17) is 16.0 Å². The van der Waals surface area contributed by atoms with Gasteiger partial charge in [-0.05, 0) is 47.3 Å². The molecular formula is C18H12ClF2N3O2S. The summed E-state index contributed by atoms with van der Waals surface area (Å²) >= 11 is 6.78. The SMILES string of the molecule is O=C(NCc1cccs1)c1cn2c(C(F)(F)Cl)cc(-c3ccco3)cc2n1. The van der Waals surface area contributed by atoms with Crippen LogP contribution in [0.15, 0.2) is 58.7 Å². The fourth-order valence-corrected chi connectivity index (χ4v) is 3.46. The maximum absolute atomic E-state index is 13.9. The van der Waals surface area contributed by atoms with Crippen LogP contribution in [0.3, 0.4) is 0 Å². The third-order valence-corrected chi connectivity index (χ3v) is 4.97. The highest BCUT2D eigenvalue weighted by Gasteiger charge is 2.32. The fourth-order valence-electron chi connectivity index (χ4n) is 2.67. The smallest absolute Gasteiger partial charge is 0.363 e. The molecule has 0 spiro atoms. The number of rotatable bonds is 5. The Labute approximate surface area is 161 Å². The molecule has 0 aliphatic carbocycles. The number of hydrogen-bond donors (Lipinski definition) is 1. The topological polar surface area (TPSA) is 59.5 Å². The number of nitrogens with zero attached hydrogens (tertiary/aromatic N) is 2. The van der Waals surface area contributed by atoms with Crippen LogP contribution >= 0.6 is 22.9 Å². The molecule has 1 amide bonds. The lowest BCUT2D eigenvalue weighted by Crippen LogP contribution is -2.22. The molecule has 4 rings (SSSR count). The molecule has 9 heteroatoms. The van der Waals surface area contributed by atoms with Crippen LogP contribution in [-0.4, -0.2) is 15.3 Å². The molecule has 0 saturated carbocycles. The first kappa shape index (κ1) is 17.7. The lowest BCUT2D eigenvalue weighted by molar-refractivity contribution is 0.0883. The zero-order valence-electron chi connectivity index (χ0n) is 13.7. The summed E-state index contributed by atoms with van der Waals surface area (Å²) in [7, 11) is 0. The number of aromatic nitrogens is 2. The van der Waals surface area contributed by atoms with Crippen LogP contribution in [0.4, 0.5) is 8.78 Å². The quantitative estimate of drug-likeness (QED) is 0.480. The second kappa shape index (κ2) is 6.79. The Kier molecular flexibility index (Phi) is 4.45. The molecule has 0 unspecified atom stereocenters. The molecule has 0 aliphatic heterocycles. The second-order valence-corrected chi connectivity index (χ2v) is 7.23. The number of hydrogen-bond acceptors (Lipinski definition) is 4. The number of furan rings is 1. The lowest BCUT2D eigenvalue weighted by Gasteiger charge is -2.12. The third-order valence-electron chi connectivity index (χ3n) is 3.90. The van der Waals surface area contributed by atoms with Gasteiger partial charge in [0.25, 0.3) is 5.91 Å². The van der Waals surface area contributed by atoms with Gasteiger partial charge in [0.1, 0.15) is 22.8 Å². The van der Waals surface area contributed by atoms with E-state index in [1.807, 2.05) is 17.5 Å². The lowest BCUT2D eigenvalue weighted by atomic mass is 10.1. The van der Waals surface area contributed by atoms with Crippen molar-refractivity contribution >= 4 is 34.5 Å². The summed E-state index contributed by atoms with van der Waals surface area (Å²) in [5, 5.41) is 0.973. The van der Waals surface area contributed by atoms with Crippen LogP contribution in [0, 0.1) is 0 Å². The number of pyridine rings is 1. The number of imidazole rings is 1. The predicted molar refractivity (Wildman–Crippen MR) is 98.1 cm³/mol. The molecule has 0 atom stereocenters. The Morgan fingerprint density at radius 3 is 2.85 bits per heavy atom. The number of nitrogens with one attached hydrogen (secondary N) is 1. The zero-order valence-corrected chi connectivity index (χ0v) is 15.2. The van der Waals surface area contributed by atoms with Crippen LogP contribution in [0.5, 0.6) is 0 Å². The van der Waals surface area contributed by atoms with Crippen molar-refractivity contribution in [2.75, 3.05) is 0 Å². The zero-order chi connectivity index (χ0) is 19.0. The normalized spacial score (nSPS) is 11.8. The molecule has 0 aromatic carbocycles. The van der Waals surface area contributed by atoms with E-state index >= 15 is 0 Å². The van der Waals surface area contributed by atoms with Gasteiger partial charge >= 0.3 is 5.38 Å². The molecule has 4 aromatic rings. The van der Waals surface area contributed by atoms with Crippen molar-refractivity contribution in [3.63, 3.8) is 0 Å². The van der Waals surface area contributed by atoms with E-state index < -0.39 is 17.0 Å². The summed E-state index contributed by atoms with van der Waals surface area (Å²) < 4.78 is 34.3. The summed E-state index contributed by atoms with van der Waals surface area (Å²) in [5.74, 6) is -0.0677. The molecule has 0 saturated heterocycles. The highest BCUT2D eigenvalue weighted by Crippen LogP contribution is 2.35. The summed E-state index contributed by atoms with van der Waals surface area (Å²) in [6.45, 7) is 0.334. The monoisotopic (exact) mass is 407 g/mol. The highest BCUT2D eigenvalue weighted by atomic mass is 35.5. The Balaban J connectivity index is 1.73. The van der Waals surface area contributed by atoms with Gasteiger partial charge in [-0.1, -0.05) is 6.07 Å². The molecule has 27 heavy (non-hydrogen) atoms. The molecule has 0 radical (unpaired) electrons. The fraction of sp³-hybridized carbons (Fsp3) is 0.111. The minimum Gasteiger partial charge on any atom is -0.464 e. The Morgan fingerprint density at radius 2 is 2.19 bits per heavy atom. The summed E-state index contributed by atoms with van der Waals surface area (Å²) in [6, 6.07) is 9.82. The van der Waals surface area contributed by atoms with E-state index in [-0.39, 0.29) is 11.3 Å². The predicted octanol–water partition coefficient (Wildman–Crippen LogP) is 4.87. The Bertz CT molecular complexity index is 1090. The average molecular weight is 408 g/mol. The van der Waals surface area contributed by atoms with Gasteiger partial charge in [-0.15, -0.1) is 11.3 Å². The van der Waals surface area contributed by atoms with E-state index in [1.165, 1.54) is 29.9 Å². The number of carbonyl (C=O) groups is 1. The molecule has 138 valence electrons. The molecule has 0 aliphatic rings. The van der Waals surface area contributed by atoms with E-state index in [2.05, 4.69) is 10.3 Å². The van der Waals surface area contributed by atoms with Crippen molar-refractivity contribution < 1.29 is 18.0 Å². The van der Waals surface area contributed by atoms with Gasteiger partial charge in [0.15, 0.2) is 0 Å². The highest BCUT2D eigenvalue weighted by molar-refractivity contribution is 7.09. The van der Waals surface area contributed by atoms with E-state index in [1.54, 1.807) is 18.2 Å². The molecule has 4 heterocycles. The van der Waals surface area contributed by atoms with Crippen molar-refractivity contribution in [1.82, 2.24) is 14.7 Å². The molecule has 0 fully saturated rings. The van der Waals surface area contributed by atoms with Gasteiger partial charge in [0.05, 0.1) is 12.8 Å². The number of alkyl halides is 3. The van der Waals surface area contributed by atoms with E-state index in [0.717, 1.165) is 9.28 Å². The number of thiophene rings is 1. The Hall–Kier alpha value is -2.71. The first-order valence-corrected chi connectivity index (χ1v) is 9.12. The minimum absolute atomic E-state index is 0.0188. The number of amides is 1. The van der Waals surface area contributed by atoms with E-state index in [9.17, 15) is 13.6 Å². The van der Waals surface area contributed by atoms with Gasteiger partial charge in [-0.2, -0.15) is 8.78 Å². The maximum atomic E-state index is 13.9. The van der Waals surface area contributed by atoms with Gasteiger partial charge in [-0.25, -0.2) is 4.98 Å². The molecule has 0 bridgehead atoms. The summed E-state index contributed by atoms with van der Waals surface area (Å²) in [6.07, 6.45) is 2.68. The van der Waals surface area contributed by atoms with Crippen molar-refractivity contribution in [3.05, 3.63) is 70.5 Å².